The van der Waals surface area contributed by atoms with Gasteiger partial charge in [0.2, 0.25) is 5.91 Å². The minimum Gasteiger partial charge on any atom is -0.469 e. The average Bonchev–Trinajstić information content (AvgIpc) is 3.21. The van der Waals surface area contributed by atoms with Crippen LogP contribution in [0.1, 0.15) is 36.9 Å². The highest BCUT2D eigenvalue weighted by molar-refractivity contribution is 7.09. The number of aryl methyl sites for hydroxylation is 1. The van der Waals surface area contributed by atoms with Crippen LogP contribution in [0.5, 0.6) is 0 Å². The van der Waals surface area contributed by atoms with Gasteiger partial charge in [0.25, 0.3) is 0 Å². The van der Waals surface area contributed by atoms with Crippen molar-refractivity contribution in [2.24, 2.45) is 17.8 Å². The molecule has 22 heavy (non-hydrogen) atoms. The zero-order valence-electron chi connectivity index (χ0n) is 13.0. The van der Waals surface area contributed by atoms with E-state index in [4.69, 9.17) is 4.74 Å². The summed E-state index contributed by atoms with van der Waals surface area (Å²) in [5.74, 6) is 0.390. The summed E-state index contributed by atoms with van der Waals surface area (Å²) in [6.45, 7) is 2.05. The Morgan fingerprint density at radius 2 is 2.18 bits per heavy atom. The number of hydrogen-bond donors (Lipinski definition) is 1. The monoisotopic (exact) mass is 322 g/mol. The topological polar surface area (TPSA) is 68.3 Å². The van der Waals surface area contributed by atoms with Gasteiger partial charge in [-0.25, -0.2) is 4.98 Å². The van der Waals surface area contributed by atoms with Crippen LogP contribution in [0.2, 0.25) is 0 Å². The summed E-state index contributed by atoms with van der Waals surface area (Å²) < 4.78 is 4.93. The number of carbonyl (C=O) groups excluding carboxylic acids is 2. The zero-order chi connectivity index (χ0) is 15.7. The number of nitrogens with zero attached hydrogens (tertiary/aromatic N) is 1. The second-order valence-corrected chi connectivity index (χ2v) is 7.18. The van der Waals surface area contributed by atoms with Crippen LogP contribution in [0.25, 0.3) is 0 Å². The second kappa shape index (κ2) is 6.36. The van der Waals surface area contributed by atoms with Crippen molar-refractivity contribution >= 4 is 23.2 Å². The molecule has 0 saturated heterocycles. The van der Waals surface area contributed by atoms with Gasteiger partial charge in [-0.1, -0.05) is 6.92 Å². The van der Waals surface area contributed by atoms with E-state index < -0.39 is 0 Å². The van der Waals surface area contributed by atoms with Gasteiger partial charge in [-0.2, -0.15) is 0 Å². The number of methoxy groups -OCH3 is 1. The molecule has 0 aromatic carbocycles. The van der Waals surface area contributed by atoms with Gasteiger partial charge >= 0.3 is 5.97 Å². The lowest BCUT2D eigenvalue weighted by molar-refractivity contribution is -0.148. The van der Waals surface area contributed by atoms with E-state index in [1.807, 2.05) is 5.38 Å². The molecule has 0 spiro atoms. The van der Waals surface area contributed by atoms with E-state index >= 15 is 0 Å². The third-order valence-electron chi connectivity index (χ3n) is 4.96. The number of aromatic nitrogens is 1. The molecule has 0 radical (unpaired) electrons. The number of carbonyl (C=O) groups is 2. The fourth-order valence-corrected chi connectivity index (χ4v) is 4.71. The van der Waals surface area contributed by atoms with Crippen LogP contribution >= 0.6 is 11.3 Å². The molecule has 2 saturated carbocycles. The molecule has 6 heteroatoms. The molecule has 5 nitrogen and oxygen atoms in total. The third-order valence-corrected chi connectivity index (χ3v) is 6.00. The Hall–Kier alpha value is -1.43. The molecule has 1 N–H and O–H groups in total. The normalized spacial score (nSPS) is 29.5. The Labute approximate surface area is 134 Å². The molecule has 4 atom stereocenters. The van der Waals surface area contributed by atoms with Crippen LogP contribution in [-0.2, 0) is 27.2 Å². The highest BCUT2D eigenvalue weighted by Crippen LogP contribution is 2.48. The van der Waals surface area contributed by atoms with Crippen molar-refractivity contribution in [2.75, 3.05) is 7.11 Å². The number of nitrogens with one attached hydrogen (secondary N) is 1. The molecular weight excluding hydrogens is 300 g/mol. The summed E-state index contributed by atoms with van der Waals surface area (Å²) in [6, 6.07) is -0.0667. The minimum absolute atomic E-state index is 0.0422. The van der Waals surface area contributed by atoms with Gasteiger partial charge in [-0.3, -0.25) is 9.59 Å². The SMILES string of the molecule is CCc1nc(CC(=O)NC2C3CCC(C3)C2C(=O)OC)cs1. The number of ether oxygens (including phenoxy) is 1. The highest BCUT2D eigenvalue weighted by Gasteiger charge is 2.51. The lowest BCUT2D eigenvalue weighted by Crippen LogP contribution is -2.47. The molecule has 120 valence electrons. The van der Waals surface area contributed by atoms with Crippen LogP contribution in [0, 0.1) is 17.8 Å². The third kappa shape index (κ3) is 2.89. The van der Waals surface area contributed by atoms with Crippen molar-refractivity contribution in [3.8, 4) is 0 Å². The molecule has 2 aliphatic carbocycles. The number of amides is 1. The summed E-state index contributed by atoms with van der Waals surface area (Å²) in [5.41, 5.74) is 0.817. The zero-order valence-corrected chi connectivity index (χ0v) is 13.8. The van der Waals surface area contributed by atoms with E-state index in [-0.39, 0.29) is 30.3 Å². The lowest BCUT2D eigenvalue weighted by atomic mass is 9.84. The lowest BCUT2D eigenvalue weighted by Gasteiger charge is -2.29. The molecule has 2 bridgehead atoms. The molecule has 1 aromatic heterocycles. The molecule has 0 aliphatic heterocycles. The van der Waals surface area contributed by atoms with Crippen molar-refractivity contribution in [3.63, 3.8) is 0 Å². The van der Waals surface area contributed by atoms with Crippen LogP contribution in [0.4, 0.5) is 0 Å². The van der Waals surface area contributed by atoms with Gasteiger partial charge in [0.05, 0.1) is 30.2 Å². The fraction of sp³-hybridized carbons (Fsp3) is 0.688. The first kappa shape index (κ1) is 15.5. The number of rotatable bonds is 5. The largest absolute Gasteiger partial charge is 0.469 e. The highest BCUT2D eigenvalue weighted by atomic mass is 32.1. The predicted octanol–water partition coefficient (Wildman–Crippen LogP) is 1.95. The summed E-state index contributed by atoms with van der Waals surface area (Å²) >= 11 is 1.59. The maximum Gasteiger partial charge on any atom is 0.311 e. The van der Waals surface area contributed by atoms with Gasteiger partial charge in [0.1, 0.15) is 0 Å². The molecular formula is C16H22N2O3S. The number of thiazole rings is 1. The van der Waals surface area contributed by atoms with E-state index in [1.165, 1.54) is 7.11 Å². The van der Waals surface area contributed by atoms with Crippen molar-refractivity contribution < 1.29 is 14.3 Å². The molecule has 2 aliphatic rings. The molecule has 3 rings (SSSR count). The first-order chi connectivity index (χ1) is 10.6. The summed E-state index contributed by atoms with van der Waals surface area (Å²) in [5, 5.41) is 6.07. The quantitative estimate of drug-likeness (QED) is 0.841. The van der Waals surface area contributed by atoms with Gasteiger partial charge < -0.3 is 10.1 Å². The van der Waals surface area contributed by atoms with Gasteiger partial charge in [0.15, 0.2) is 0 Å². The van der Waals surface area contributed by atoms with Crippen molar-refractivity contribution in [1.82, 2.24) is 10.3 Å². The Morgan fingerprint density at radius 1 is 1.41 bits per heavy atom. The first-order valence-corrected chi connectivity index (χ1v) is 8.80. The first-order valence-electron chi connectivity index (χ1n) is 7.92. The van der Waals surface area contributed by atoms with Crippen LogP contribution in [0.15, 0.2) is 5.38 Å². The number of hydrogen-bond acceptors (Lipinski definition) is 5. The molecule has 1 heterocycles. The van der Waals surface area contributed by atoms with E-state index in [1.54, 1.807) is 11.3 Å². The maximum atomic E-state index is 12.3. The molecule has 1 aromatic rings. The predicted molar refractivity (Wildman–Crippen MR) is 83.5 cm³/mol. The second-order valence-electron chi connectivity index (χ2n) is 6.24. The Morgan fingerprint density at radius 3 is 2.86 bits per heavy atom. The van der Waals surface area contributed by atoms with Crippen molar-refractivity contribution in [2.45, 2.75) is 45.1 Å². The molecule has 1 amide bonds. The standard InChI is InChI=1S/C16H22N2O3S/c1-3-13-17-11(8-22-13)7-12(19)18-15-10-5-4-9(6-10)14(15)16(20)21-2/h8-10,14-15H,3-7H2,1-2H3,(H,18,19). The van der Waals surface area contributed by atoms with Gasteiger partial charge in [-0.05, 0) is 37.5 Å². The van der Waals surface area contributed by atoms with E-state index in [0.29, 0.717) is 11.8 Å². The van der Waals surface area contributed by atoms with E-state index in [9.17, 15) is 9.59 Å². The van der Waals surface area contributed by atoms with Crippen LogP contribution in [0.3, 0.4) is 0 Å². The van der Waals surface area contributed by atoms with Crippen LogP contribution in [-0.4, -0.2) is 30.0 Å². The molecule has 2 fully saturated rings. The Bertz CT molecular complexity index is 571. The number of fused-ring (bicyclic) bond motifs is 2. The maximum absolute atomic E-state index is 12.3. The molecule has 4 unspecified atom stereocenters. The Balaban J connectivity index is 1.63. The minimum atomic E-state index is -0.181. The Kier molecular flexibility index (Phi) is 4.47. The average molecular weight is 322 g/mol. The summed E-state index contributed by atoms with van der Waals surface area (Å²) in [4.78, 5) is 28.7. The van der Waals surface area contributed by atoms with E-state index in [0.717, 1.165) is 36.4 Å². The number of esters is 1. The smallest absolute Gasteiger partial charge is 0.311 e. The van der Waals surface area contributed by atoms with Crippen molar-refractivity contribution in [3.05, 3.63) is 16.1 Å². The van der Waals surface area contributed by atoms with Crippen molar-refractivity contribution in [1.29, 1.82) is 0 Å². The fourth-order valence-electron chi connectivity index (χ4n) is 3.97. The van der Waals surface area contributed by atoms with E-state index in [2.05, 4.69) is 17.2 Å². The van der Waals surface area contributed by atoms with Gasteiger partial charge in [-0.15, -0.1) is 11.3 Å². The summed E-state index contributed by atoms with van der Waals surface area (Å²) in [6.07, 6.45) is 4.38. The van der Waals surface area contributed by atoms with Crippen LogP contribution < -0.4 is 5.32 Å². The summed E-state index contributed by atoms with van der Waals surface area (Å²) in [7, 11) is 1.43. The van der Waals surface area contributed by atoms with Gasteiger partial charge in [0, 0.05) is 11.4 Å².